The van der Waals surface area contributed by atoms with Gasteiger partial charge in [-0.15, -0.1) is 0 Å². The molecule has 1 aromatic heterocycles. The maximum absolute atomic E-state index is 12.4. The largest absolute Gasteiger partial charge is 0.446 e. The molecule has 0 aliphatic heterocycles. The third-order valence-electron chi connectivity index (χ3n) is 5.18. The molecule has 0 amide bonds. The number of nitrogens with one attached hydrogen (secondary N) is 2. The summed E-state index contributed by atoms with van der Waals surface area (Å²) in [6.07, 6.45) is 3.98. The van der Waals surface area contributed by atoms with E-state index in [9.17, 15) is 13.2 Å². The van der Waals surface area contributed by atoms with E-state index in [2.05, 4.69) is 25.3 Å². The number of rotatable bonds is 10. The molecule has 1 aliphatic rings. The van der Waals surface area contributed by atoms with Crippen LogP contribution in [-0.4, -0.2) is 46.1 Å². The molecule has 1 saturated carbocycles. The van der Waals surface area contributed by atoms with Gasteiger partial charge < -0.3 is 30.4 Å². The van der Waals surface area contributed by atoms with E-state index in [-0.39, 0.29) is 22.7 Å². The van der Waals surface area contributed by atoms with E-state index >= 15 is 0 Å². The predicted molar refractivity (Wildman–Crippen MR) is 148 cm³/mol. The molecule has 14 heteroatoms. The van der Waals surface area contributed by atoms with Crippen molar-refractivity contribution in [3.8, 4) is 0 Å². The van der Waals surface area contributed by atoms with E-state index in [4.69, 9.17) is 20.2 Å². The molecule has 1 aliphatic carbocycles. The third kappa shape index (κ3) is 14.4. The molecule has 0 spiro atoms. The zero-order chi connectivity index (χ0) is 28.8. The van der Waals surface area contributed by atoms with Crippen molar-refractivity contribution in [3.63, 3.8) is 0 Å². The average Bonchev–Trinajstić information content (AvgIpc) is 3.30. The molecule has 3 rings (SSSR count). The van der Waals surface area contributed by atoms with Crippen LogP contribution in [0.25, 0.3) is 0 Å². The Morgan fingerprint density at radius 3 is 2.34 bits per heavy atom. The van der Waals surface area contributed by atoms with Crippen molar-refractivity contribution in [2.45, 2.75) is 75.4 Å². The lowest BCUT2D eigenvalue weighted by Gasteiger charge is -2.17. The Hall–Kier alpha value is -1.81. The number of methoxy groups -OCH3 is 1. The first kappa shape index (κ1) is 34.2. The Balaban J connectivity index is 0.000000795. The highest BCUT2D eigenvalue weighted by molar-refractivity contribution is 8.00. The van der Waals surface area contributed by atoms with Crippen LogP contribution in [-0.2, 0) is 8.92 Å². The number of hydrogen-bond acceptors (Lipinski definition) is 11. The smallest absolute Gasteiger partial charge is 0.366 e. The summed E-state index contributed by atoms with van der Waals surface area (Å²) < 4.78 is 47.0. The molecule has 7 N–H and O–H groups in total. The van der Waals surface area contributed by atoms with Crippen LogP contribution in [0.4, 0.5) is 24.9 Å². The fourth-order valence-corrected chi connectivity index (χ4v) is 4.11. The number of aliphatic hydroxyl groups is 1. The van der Waals surface area contributed by atoms with E-state index in [0.29, 0.717) is 29.9 Å². The topological polar surface area (TPSA) is 141 Å². The predicted octanol–water partition coefficient (Wildman–Crippen LogP) is 5.66. The summed E-state index contributed by atoms with van der Waals surface area (Å²) in [6, 6.07) is 7.85. The number of ether oxygens (including phenoxy) is 1. The highest BCUT2D eigenvalue weighted by atomic mass is 32.2. The monoisotopic (exact) mass is 580 g/mol. The maximum Gasteiger partial charge on any atom is 0.446 e. The molecular weight excluding hydrogens is 541 g/mol. The molecular formula is C24H39F3N6O3S2. The number of anilines is 2. The second kappa shape index (κ2) is 17.0. The molecule has 0 radical (unpaired) electrons. The summed E-state index contributed by atoms with van der Waals surface area (Å²) in [5.41, 5.74) is 2.46. The van der Waals surface area contributed by atoms with Crippen molar-refractivity contribution in [1.29, 1.82) is 0 Å². The van der Waals surface area contributed by atoms with Crippen molar-refractivity contribution in [1.82, 2.24) is 9.97 Å². The first-order valence-electron chi connectivity index (χ1n) is 12.1. The quantitative estimate of drug-likeness (QED) is 0.103. The zero-order valence-electron chi connectivity index (χ0n) is 22.3. The fourth-order valence-electron chi connectivity index (χ4n) is 3.30. The van der Waals surface area contributed by atoms with Gasteiger partial charge in [0.15, 0.2) is 5.79 Å². The summed E-state index contributed by atoms with van der Waals surface area (Å²) >= 11 is 0.727. The highest BCUT2D eigenvalue weighted by Gasteiger charge is 2.29. The van der Waals surface area contributed by atoms with Crippen LogP contribution in [0.3, 0.4) is 0 Å². The van der Waals surface area contributed by atoms with Crippen LogP contribution < -0.4 is 21.5 Å². The van der Waals surface area contributed by atoms with Crippen LogP contribution in [0.1, 0.15) is 58.7 Å². The minimum absolute atomic E-state index is 0.109. The second-order valence-electron chi connectivity index (χ2n) is 8.56. The van der Waals surface area contributed by atoms with Gasteiger partial charge in [-0.05, 0) is 74.6 Å². The van der Waals surface area contributed by atoms with Crippen molar-refractivity contribution in [2.75, 3.05) is 24.4 Å². The lowest BCUT2D eigenvalue weighted by Crippen LogP contribution is -2.22. The van der Waals surface area contributed by atoms with E-state index in [0.717, 1.165) is 31.5 Å². The Morgan fingerprint density at radius 2 is 1.79 bits per heavy atom. The van der Waals surface area contributed by atoms with Gasteiger partial charge in [-0.3, -0.25) is 5.14 Å². The van der Waals surface area contributed by atoms with Crippen molar-refractivity contribution < 1.29 is 27.2 Å². The minimum Gasteiger partial charge on any atom is -0.366 e. The number of halogens is 3. The lowest BCUT2D eigenvalue weighted by atomic mass is 10.1. The highest BCUT2D eigenvalue weighted by Crippen LogP contribution is 2.37. The number of alkyl halides is 3. The molecule has 1 heterocycles. The number of benzene rings is 1. The van der Waals surface area contributed by atoms with E-state index in [1.807, 2.05) is 13.8 Å². The minimum atomic E-state index is -4.32. The van der Waals surface area contributed by atoms with E-state index in [1.165, 1.54) is 19.2 Å². The molecule has 3 atom stereocenters. The van der Waals surface area contributed by atoms with Crippen molar-refractivity contribution >= 4 is 35.8 Å². The Morgan fingerprint density at radius 1 is 1.16 bits per heavy atom. The van der Waals surface area contributed by atoms with Gasteiger partial charge >= 0.3 is 5.51 Å². The van der Waals surface area contributed by atoms with Gasteiger partial charge in [0.05, 0.1) is 18.8 Å². The van der Waals surface area contributed by atoms with Crippen LogP contribution in [0.15, 0.2) is 41.4 Å². The number of thioether (sulfide) groups is 1. The van der Waals surface area contributed by atoms with Crippen molar-refractivity contribution in [2.24, 2.45) is 16.8 Å². The molecule has 216 valence electrons. The van der Waals surface area contributed by atoms with Gasteiger partial charge in [0.25, 0.3) is 0 Å². The summed E-state index contributed by atoms with van der Waals surface area (Å²) in [5, 5.41) is 20.3. The molecule has 1 fully saturated rings. The summed E-state index contributed by atoms with van der Waals surface area (Å²) in [5.74, 6) is 0.502. The molecule has 38 heavy (non-hydrogen) atoms. The summed E-state index contributed by atoms with van der Waals surface area (Å²) in [6.45, 7) is 7.77. The Kier molecular flexibility index (Phi) is 15.3. The van der Waals surface area contributed by atoms with Gasteiger partial charge in [-0.2, -0.15) is 18.2 Å². The number of hydrogen-bond donors (Lipinski definition) is 5. The van der Waals surface area contributed by atoms with Crippen LogP contribution in [0, 0.1) is 5.92 Å². The molecule has 0 bridgehead atoms. The van der Waals surface area contributed by atoms with Crippen LogP contribution >= 0.6 is 24.0 Å². The normalized spacial score (nSPS) is 18.0. The number of aromatic nitrogens is 2. The summed E-state index contributed by atoms with van der Waals surface area (Å²) in [7, 11) is 1.46. The first-order valence-corrected chi connectivity index (χ1v) is 13.7. The molecule has 3 unspecified atom stereocenters. The first-order chi connectivity index (χ1) is 17.9. The van der Waals surface area contributed by atoms with Gasteiger partial charge in [0.2, 0.25) is 5.95 Å². The lowest BCUT2D eigenvalue weighted by molar-refractivity contribution is -0.155. The number of nitrogens with two attached hydrogens (primary N) is 2. The van der Waals surface area contributed by atoms with E-state index in [1.54, 1.807) is 38.2 Å². The van der Waals surface area contributed by atoms with Gasteiger partial charge in [0.1, 0.15) is 12.0 Å². The standard InChI is InChI=1S/C18H23F3N6OS2.C4H10O2.C2H6/c19-18(20,21)29-14-5-2-12(3-6-14)16(22)26-15-7-8-24-17(27-15)25-13-4-1-11(9-13)10-28-30-23;1-4(2,5)6-3;1-2/h2-3,5-8,11,13,16H,1,4,9-10,22-23H2,(H2,24,25,26,27);5H,1-3H3;1-2H3. The van der Waals surface area contributed by atoms with Gasteiger partial charge in [0, 0.05) is 24.2 Å². The molecule has 1 aromatic carbocycles. The fraction of sp³-hybridized carbons (Fsp3) is 0.583. The van der Waals surface area contributed by atoms with Crippen molar-refractivity contribution in [3.05, 3.63) is 42.1 Å². The maximum atomic E-state index is 12.4. The Labute approximate surface area is 231 Å². The van der Waals surface area contributed by atoms with Crippen LogP contribution in [0.5, 0.6) is 0 Å². The van der Waals surface area contributed by atoms with Gasteiger partial charge in [-0.25, -0.2) is 4.98 Å². The SMILES string of the molecule is CC.COC(C)(C)O.NSOCC1CCC(Nc2nccc(NC(N)c3ccc(SC(F)(F)F)cc3)n2)C1. The number of nitrogens with zero attached hydrogens (tertiary/aromatic N) is 2. The molecule has 2 aromatic rings. The zero-order valence-corrected chi connectivity index (χ0v) is 23.9. The third-order valence-corrected chi connectivity index (χ3v) is 6.19. The molecule has 9 nitrogen and oxygen atoms in total. The van der Waals surface area contributed by atoms with E-state index < -0.39 is 17.5 Å². The Bertz CT molecular complexity index is 921. The molecule has 0 saturated heterocycles. The average molecular weight is 581 g/mol. The van der Waals surface area contributed by atoms with Gasteiger partial charge in [-0.1, -0.05) is 26.0 Å². The second-order valence-corrected chi connectivity index (χ2v) is 10.1. The summed E-state index contributed by atoms with van der Waals surface area (Å²) in [4.78, 5) is 8.79. The van der Waals surface area contributed by atoms with Crippen LogP contribution in [0.2, 0.25) is 0 Å².